The number of pyridine rings is 1. The van der Waals surface area contributed by atoms with Gasteiger partial charge in [0.05, 0.1) is 45.3 Å². The van der Waals surface area contributed by atoms with Crippen molar-refractivity contribution in [2.45, 2.75) is 46.6 Å². The highest BCUT2D eigenvalue weighted by molar-refractivity contribution is 5.97. The molecule has 1 fully saturated rings. The Bertz CT molecular complexity index is 1370. The molecule has 0 aliphatic carbocycles. The summed E-state index contributed by atoms with van der Waals surface area (Å²) in [5, 5.41) is 4.40. The van der Waals surface area contributed by atoms with E-state index >= 15 is 0 Å². The van der Waals surface area contributed by atoms with Gasteiger partial charge in [-0.2, -0.15) is 4.40 Å². The highest BCUT2D eigenvalue weighted by Crippen LogP contribution is 2.40. The van der Waals surface area contributed by atoms with Gasteiger partial charge >= 0.3 is 17.6 Å². The number of ketones is 1. The molecule has 11 nitrogen and oxygen atoms in total. The van der Waals surface area contributed by atoms with Crippen molar-refractivity contribution < 1.29 is 33.2 Å². The smallest absolute Gasteiger partial charge is 0.345 e. The predicted octanol–water partition coefficient (Wildman–Crippen LogP) is 2.81. The summed E-state index contributed by atoms with van der Waals surface area (Å²) in [7, 11) is 1.66. The molecule has 4 rings (SSSR count). The second kappa shape index (κ2) is 11.5. The molecule has 2 N–H and O–H groups in total. The first kappa shape index (κ1) is 28.2. The summed E-state index contributed by atoms with van der Waals surface area (Å²) in [6.45, 7) is 13.0. The third-order valence-electron chi connectivity index (χ3n) is 6.61. The second-order valence-corrected chi connectivity index (χ2v) is 10.3. The maximum Gasteiger partial charge on any atom is 0.345 e. The number of hydrogen-bond donors (Lipinski definition) is 1. The fourth-order valence-electron chi connectivity index (χ4n) is 4.69. The van der Waals surface area contributed by atoms with Gasteiger partial charge in [0.25, 0.3) is 0 Å². The Hall–Kier alpha value is -3.86. The van der Waals surface area contributed by atoms with Gasteiger partial charge in [0.15, 0.2) is 6.54 Å². The highest BCUT2D eigenvalue weighted by atomic mass is 16.5. The number of ether oxygens (including phenoxy) is 4. The van der Waals surface area contributed by atoms with Crippen molar-refractivity contribution >= 4 is 29.0 Å². The quantitative estimate of drug-likeness (QED) is 0.248. The van der Waals surface area contributed by atoms with Gasteiger partial charge in [-0.25, -0.2) is 4.79 Å². The second-order valence-electron chi connectivity index (χ2n) is 10.3. The molecule has 1 aromatic carbocycles. The van der Waals surface area contributed by atoms with E-state index in [1.54, 1.807) is 24.5 Å². The van der Waals surface area contributed by atoms with Crippen LogP contribution in [0, 0.1) is 0 Å². The van der Waals surface area contributed by atoms with Crippen molar-refractivity contribution in [1.82, 2.24) is 9.50 Å². The van der Waals surface area contributed by atoms with Crippen LogP contribution in [0.1, 0.15) is 60.9 Å². The summed E-state index contributed by atoms with van der Waals surface area (Å²) < 4.78 is 25.4. The molecule has 0 saturated carbocycles. The van der Waals surface area contributed by atoms with Gasteiger partial charge in [0, 0.05) is 24.2 Å². The molecule has 2 aromatic heterocycles. The van der Waals surface area contributed by atoms with Crippen LogP contribution in [0.25, 0.3) is 5.65 Å². The van der Waals surface area contributed by atoms with E-state index in [0.717, 1.165) is 17.0 Å². The Morgan fingerprint density at radius 1 is 1.13 bits per heavy atom. The first-order valence-electron chi connectivity index (χ1n) is 13.2. The first-order chi connectivity index (χ1) is 18.6. The van der Waals surface area contributed by atoms with Crippen LogP contribution in [0.3, 0.4) is 0 Å². The van der Waals surface area contributed by atoms with E-state index in [0.29, 0.717) is 49.9 Å². The van der Waals surface area contributed by atoms with E-state index in [2.05, 4.69) is 30.8 Å². The lowest BCUT2D eigenvalue weighted by Crippen LogP contribution is -2.41. The molecule has 1 aliphatic rings. The lowest BCUT2D eigenvalue weighted by atomic mass is 9.84. The monoisotopic (exact) mass is 540 g/mol. The average molecular weight is 541 g/mol. The van der Waals surface area contributed by atoms with Crippen LogP contribution in [0.2, 0.25) is 0 Å². The number of carbonyl (C=O) groups excluding carboxylic acids is 2. The third kappa shape index (κ3) is 5.78. The molecule has 0 unspecified atom stereocenters. The Kier molecular flexibility index (Phi) is 8.29. The normalized spacial score (nSPS) is 13.9. The molecule has 210 valence electrons. The van der Waals surface area contributed by atoms with E-state index in [-0.39, 0.29) is 35.9 Å². The fourth-order valence-corrected chi connectivity index (χ4v) is 4.69. The van der Waals surface area contributed by atoms with Crippen LogP contribution in [0.4, 0.5) is 11.6 Å². The fraction of sp³-hybridized carbons (Fsp3) is 0.500. The Labute approximate surface area is 228 Å². The number of nitrogens with two attached hydrogens (primary N) is 1. The topological polar surface area (TPSA) is 122 Å². The van der Waals surface area contributed by atoms with Crippen LogP contribution >= 0.6 is 0 Å². The van der Waals surface area contributed by atoms with Crippen molar-refractivity contribution in [2.75, 3.05) is 57.3 Å². The molecule has 0 atom stereocenters. The van der Waals surface area contributed by atoms with Crippen LogP contribution in [0.5, 0.6) is 11.5 Å². The van der Waals surface area contributed by atoms with Crippen LogP contribution in [-0.2, 0) is 21.4 Å². The minimum absolute atomic E-state index is 0.0660. The number of fused-ring (bicyclic) bond motifs is 1. The Morgan fingerprint density at radius 2 is 1.85 bits per heavy atom. The van der Waals surface area contributed by atoms with Gasteiger partial charge in [-0.1, -0.05) is 20.8 Å². The van der Waals surface area contributed by atoms with Crippen LogP contribution in [0.15, 0.2) is 24.4 Å². The van der Waals surface area contributed by atoms with Crippen molar-refractivity contribution in [3.8, 4) is 11.5 Å². The molecule has 3 heterocycles. The van der Waals surface area contributed by atoms with Crippen LogP contribution in [-0.4, -0.2) is 67.9 Å². The molecule has 11 heteroatoms. The highest BCUT2D eigenvalue weighted by Gasteiger charge is 2.30. The van der Waals surface area contributed by atoms with Crippen molar-refractivity contribution in [1.29, 1.82) is 0 Å². The minimum Gasteiger partial charge on any atom is -0.494 e. The number of anilines is 2. The standard InChI is InChI=1S/C28H38N5O6/c1-7-38-23-15-24-32(16-19(23)26(35)39-8-2)27(29)30-33(24)17-22(34)18-13-20(28(3,4)5)25(36-6)21(14-18)31-9-11-37-12-10-31/h13-16H,7-12,17H2,1-6H3,(H2,29,30)/q+1. The molecule has 39 heavy (non-hydrogen) atoms. The van der Waals surface area contributed by atoms with E-state index in [4.69, 9.17) is 24.7 Å². The summed E-state index contributed by atoms with van der Waals surface area (Å²) in [5.41, 5.74) is 9.02. The molecular weight excluding hydrogens is 502 g/mol. The number of nitrogens with zero attached hydrogens (tertiary/aromatic N) is 4. The maximum absolute atomic E-state index is 13.8. The van der Waals surface area contributed by atoms with Gasteiger partial charge in [0.1, 0.15) is 23.3 Å². The van der Waals surface area contributed by atoms with E-state index in [1.807, 2.05) is 19.1 Å². The molecule has 0 amide bonds. The number of methoxy groups -OCH3 is 1. The Morgan fingerprint density at radius 3 is 2.46 bits per heavy atom. The van der Waals surface area contributed by atoms with Gasteiger partial charge in [0.2, 0.25) is 5.78 Å². The number of hydrogen-bond acceptors (Lipinski definition) is 9. The number of esters is 1. The number of benzene rings is 1. The number of morpholine rings is 1. The summed E-state index contributed by atoms with van der Waals surface area (Å²) in [6.07, 6.45) is 1.53. The summed E-state index contributed by atoms with van der Waals surface area (Å²) in [5.74, 6) is 0.555. The van der Waals surface area contributed by atoms with Crippen molar-refractivity contribution in [3.63, 3.8) is 0 Å². The number of carbonyl (C=O) groups is 2. The lowest BCUT2D eigenvalue weighted by Gasteiger charge is -2.33. The first-order valence-corrected chi connectivity index (χ1v) is 13.2. The van der Waals surface area contributed by atoms with Gasteiger partial charge in [-0.05, 0) is 36.5 Å². The summed E-state index contributed by atoms with van der Waals surface area (Å²) in [4.78, 5) is 28.5. The summed E-state index contributed by atoms with van der Waals surface area (Å²) in [6, 6.07) is 5.44. The number of nitrogen functional groups attached to an aromatic ring is 1. The van der Waals surface area contributed by atoms with E-state index in [9.17, 15) is 9.59 Å². The van der Waals surface area contributed by atoms with Gasteiger partial charge in [-0.15, -0.1) is 4.68 Å². The van der Waals surface area contributed by atoms with E-state index < -0.39 is 5.97 Å². The van der Waals surface area contributed by atoms with Crippen LogP contribution < -0.4 is 24.8 Å². The molecule has 0 radical (unpaired) electrons. The molecular formula is C28H38N5O6+. The third-order valence-corrected chi connectivity index (χ3v) is 6.61. The average Bonchev–Trinajstić information content (AvgIpc) is 3.21. The molecule has 1 saturated heterocycles. The predicted molar refractivity (Wildman–Crippen MR) is 146 cm³/mol. The lowest BCUT2D eigenvalue weighted by molar-refractivity contribution is -0.714. The number of aromatic nitrogens is 3. The number of Topliss-reactive ketones (excluding diaryl/α,β-unsaturated/α-hetero) is 1. The molecule has 0 spiro atoms. The van der Waals surface area contributed by atoms with Crippen molar-refractivity contribution in [2.24, 2.45) is 0 Å². The SMILES string of the molecule is CCOC(=O)c1cn2c(N)n[n+](CC(=O)c3cc(N4CCOCC4)c(OC)c(C(C)(C)C)c3)c2cc1OCC. The van der Waals surface area contributed by atoms with E-state index in [1.165, 1.54) is 10.9 Å². The zero-order chi connectivity index (χ0) is 28.3. The maximum atomic E-state index is 13.8. The minimum atomic E-state index is -0.526. The summed E-state index contributed by atoms with van der Waals surface area (Å²) >= 11 is 0. The Balaban J connectivity index is 1.77. The van der Waals surface area contributed by atoms with Gasteiger partial charge < -0.3 is 29.6 Å². The van der Waals surface area contributed by atoms with Crippen molar-refractivity contribution in [3.05, 3.63) is 41.1 Å². The largest absolute Gasteiger partial charge is 0.494 e. The number of rotatable bonds is 9. The molecule has 3 aromatic rings. The molecule has 0 bridgehead atoms. The zero-order valence-corrected chi connectivity index (χ0v) is 23.6. The zero-order valence-electron chi connectivity index (χ0n) is 23.6. The molecule has 1 aliphatic heterocycles. The van der Waals surface area contributed by atoms with Gasteiger partial charge in [-0.3, -0.25) is 4.79 Å².